The number of amides is 2. The smallest absolute Gasteiger partial charge is 0.262 e. The van der Waals surface area contributed by atoms with Crippen molar-refractivity contribution in [2.45, 2.75) is 18.9 Å². The maximum absolute atomic E-state index is 12.0. The second-order valence-electron chi connectivity index (χ2n) is 4.89. The molecule has 1 aromatic carbocycles. The Bertz CT molecular complexity index is 538. The summed E-state index contributed by atoms with van der Waals surface area (Å²) in [5, 5.41) is 5.54. The zero-order chi connectivity index (χ0) is 13.9. The van der Waals surface area contributed by atoms with Crippen molar-refractivity contribution in [3.63, 3.8) is 0 Å². The molecule has 2 heterocycles. The predicted molar refractivity (Wildman–Crippen MR) is 71.9 cm³/mol. The Morgan fingerprint density at radius 2 is 2.35 bits per heavy atom. The number of hydrogen-bond acceptors (Lipinski definition) is 4. The number of carbonyl (C=O) groups is 2. The number of nitrogens with one attached hydrogen (secondary N) is 2. The molecular weight excluding hydrogens is 260 g/mol. The molecule has 0 spiro atoms. The number of fused-ring (bicyclic) bond motifs is 1. The normalized spacial score (nSPS) is 20.8. The monoisotopic (exact) mass is 276 g/mol. The molecule has 0 radical (unpaired) electrons. The number of carbonyl (C=O) groups excluding carboxylic acids is 2. The molecule has 2 aliphatic heterocycles. The molecule has 1 aromatic rings. The summed E-state index contributed by atoms with van der Waals surface area (Å²) in [7, 11) is 0. The summed E-state index contributed by atoms with van der Waals surface area (Å²) >= 11 is 0. The van der Waals surface area contributed by atoms with E-state index in [1.165, 1.54) is 0 Å². The van der Waals surface area contributed by atoms with Crippen LogP contribution in [0.25, 0.3) is 0 Å². The molecule has 106 valence electrons. The highest BCUT2D eigenvalue weighted by Crippen LogP contribution is 2.28. The summed E-state index contributed by atoms with van der Waals surface area (Å²) in [6, 6.07) is 4.98. The van der Waals surface area contributed by atoms with E-state index >= 15 is 0 Å². The van der Waals surface area contributed by atoms with Crippen LogP contribution in [0.5, 0.6) is 5.75 Å². The average Bonchev–Trinajstić information content (AvgIpc) is 2.97. The fourth-order valence-corrected chi connectivity index (χ4v) is 2.33. The molecule has 3 rings (SSSR count). The van der Waals surface area contributed by atoms with Crippen LogP contribution in [0.3, 0.4) is 0 Å². The molecule has 1 atom stereocenters. The average molecular weight is 276 g/mol. The van der Waals surface area contributed by atoms with Gasteiger partial charge in [0.05, 0.1) is 11.8 Å². The van der Waals surface area contributed by atoms with Crippen LogP contribution >= 0.6 is 0 Å². The van der Waals surface area contributed by atoms with Gasteiger partial charge in [-0.25, -0.2) is 0 Å². The largest absolute Gasteiger partial charge is 0.482 e. The molecule has 2 amide bonds. The van der Waals surface area contributed by atoms with E-state index in [2.05, 4.69) is 10.6 Å². The zero-order valence-electron chi connectivity index (χ0n) is 11.0. The minimum Gasteiger partial charge on any atom is -0.482 e. The van der Waals surface area contributed by atoms with Crippen LogP contribution in [0, 0.1) is 0 Å². The Hall–Kier alpha value is -2.08. The first kappa shape index (κ1) is 12.9. The van der Waals surface area contributed by atoms with Gasteiger partial charge < -0.3 is 20.1 Å². The van der Waals surface area contributed by atoms with Crippen LogP contribution in [-0.4, -0.2) is 37.7 Å². The van der Waals surface area contributed by atoms with Crippen LogP contribution in [0.15, 0.2) is 18.2 Å². The Morgan fingerprint density at radius 3 is 3.15 bits per heavy atom. The molecule has 20 heavy (non-hydrogen) atoms. The number of rotatable bonds is 3. The summed E-state index contributed by atoms with van der Waals surface area (Å²) in [4.78, 5) is 23.2. The molecule has 0 saturated carbocycles. The molecule has 0 aliphatic carbocycles. The third-order valence-corrected chi connectivity index (χ3v) is 3.39. The molecule has 1 fully saturated rings. The molecular formula is C14H16N2O4. The maximum atomic E-state index is 12.0. The summed E-state index contributed by atoms with van der Waals surface area (Å²) in [6.07, 6.45) is 2.15. The van der Waals surface area contributed by atoms with E-state index in [0.29, 0.717) is 23.5 Å². The second kappa shape index (κ2) is 5.50. The third-order valence-electron chi connectivity index (χ3n) is 3.39. The summed E-state index contributed by atoms with van der Waals surface area (Å²) in [6.45, 7) is 1.27. The lowest BCUT2D eigenvalue weighted by Gasteiger charge is -2.18. The van der Waals surface area contributed by atoms with Crippen LogP contribution in [0.1, 0.15) is 23.2 Å². The van der Waals surface area contributed by atoms with Crippen molar-refractivity contribution >= 4 is 17.5 Å². The standard InChI is InChI=1S/C14H16N2O4/c17-13-8-20-12-6-9(3-4-11(12)16-13)14(18)15-7-10-2-1-5-19-10/h3-4,6,10H,1-2,5,7-8H2,(H,15,18)(H,16,17)/t10-/m1/s1. The van der Waals surface area contributed by atoms with E-state index in [1.807, 2.05) is 0 Å². The van der Waals surface area contributed by atoms with Crippen molar-refractivity contribution < 1.29 is 19.1 Å². The lowest BCUT2D eigenvalue weighted by molar-refractivity contribution is -0.118. The van der Waals surface area contributed by atoms with Crippen LogP contribution in [-0.2, 0) is 9.53 Å². The molecule has 0 bridgehead atoms. The number of benzene rings is 1. The lowest BCUT2D eigenvalue weighted by atomic mass is 10.1. The molecule has 0 unspecified atom stereocenters. The quantitative estimate of drug-likeness (QED) is 0.861. The molecule has 2 N–H and O–H groups in total. The topological polar surface area (TPSA) is 76.7 Å². The Morgan fingerprint density at radius 1 is 1.45 bits per heavy atom. The van der Waals surface area contributed by atoms with E-state index in [4.69, 9.17) is 9.47 Å². The van der Waals surface area contributed by atoms with Gasteiger partial charge >= 0.3 is 0 Å². The van der Waals surface area contributed by atoms with Crippen LogP contribution < -0.4 is 15.4 Å². The molecule has 2 aliphatic rings. The van der Waals surface area contributed by atoms with E-state index in [9.17, 15) is 9.59 Å². The van der Waals surface area contributed by atoms with Gasteiger partial charge in [-0.15, -0.1) is 0 Å². The molecule has 1 saturated heterocycles. The van der Waals surface area contributed by atoms with Gasteiger partial charge in [0.2, 0.25) is 0 Å². The van der Waals surface area contributed by atoms with Gasteiger partial charge in [0.1, 0.15) is 5.75 Å². The van der Waals surface area contributed by atoms with Gasteiger partial charge in [-0.05, 0) is 31.0 Å². The Balaban J connectivity index is 1.64. The maximum Gasteiger partial charge on any atom is 0.262 e. The second-order valence-corrected chi connectivity index (χ2v) is 4.89. The summed E-state index contributed by atoms with van der Waals surface area (Å²) in [5.74, 6) is 0.172. The van der Waals surface area contributed by atoms with Crippen molar-refractivity contribution in [2.24, 2.45) is 0 Å². The van der Waals surface area contributed by atoms with E-state index < -0.39 is 0 Å². The van der Waals surface area contributed by atoms with Crippen LogP contribution in [0.4, 0.5) is 5.69 Å². The minimum absolute atomic E-state index is 0.0199. The number of anilines is 1. The van der Waals surface area contributed by atoms with Crippen molar-refractivity contribution in [1.82, 2.24) is 5.32 Å². The van der Waals surface area contributed by atoms with Gasteiger partial charge in [0.15, 0.2) is 6.61 Å². The third kappa shape index (κ3) is 2.75. The van der Waals surface area contributed by atoms with Gasteiger partial charge in [-0.2, -0.15) is 0 Å². The van der Waals surface area contributed by atoms with Crippen molar-refractivity contribution in [2.75, 3.05) is 25.1 Å². The van der Waals surface area contributed by atoms with E-state index in [-0.39, 0.29) is 24.5 Å². The molecule has 6 heteroatoms. The minimum atomic E-state index is -0.187. The van der Waals surface area contributed by atoms with Gasteiger partial charge in [-0.3, -0.25) is 9.59 Å². The first-order chi connectivity index (χ1) is 9.72. The van der Waals surface area contributed by atoms with Gasteiger partial charge in [0.25, 0.3) is 11.8 Å². The Kier molecular flexibility index (Phi) is 3.56. The zero-order valence-corrected chi connectivity index (χ0v) is 11.0. The van der Waals surface area contributed by atoms with E-state index in [0.717, 1.165) is 19.4 Å². The highest BCUT2D eigenvalue weighted by molar-refractivity contribution is 5.98. The highest BCUT2D eigenvalue weighted by atomic mass is 16.5. The fourth-order valence-electron chi connectivity index (χ4n) is 2.33. The summed E-state index contributed by atoms with van der Waals surface area (Å²) in [5.41, 5.74) is 1.11. The predicted octanol–water partition coefficient (Wildman–Crippen LogP) is 0.926. The summed E-state index contributed by atoms with van der Waals surface area (Å²) < 4.78 is 10.7. The lowest BCUT2D eigenvalue weighted by Crippen LogP contribution is -2.32. The molecule has 0 aromatic heterocycles. The number of ether oxygens (including phenoxy) is 2. The van der Waals surface area contributed by atoms with Gasteiger partial charge in [-0.1, -0.05) is 0 Å². The van der Waals surface area contributed by atoms with E-state index in [1.54, 1.807) is 18.2 Å². The first-order valence-electron chi connectivity index (χ1n) is 6.69. The van der Waals surface area contributed by atoms with Crippen molar-refractivity contribution in [3.05, 3.63) is 23.8 Å². The van der Waals surface area contributed by atoms with Crippen LogP contribution in [0.2, 0.25) is 0 Å². The SMILES string of the molecule is O=C1COc2cc(C(=O)NC[C@H]3CCCO3)ccc2N1. The first-order valence-corrected chi connectivity index (χ1v) is 6.69. The Labute approximate surface area is 116 Å². The van der Waals surface area contributed by atoms with Crippen molar-refractivity contribution in [3.8, 4) is 5.75 Å². The van der Waals surface area contributed by atoms with Gasteiger partial charge in [0, 0.05) is 18.7 Å². The molecule has 6 nitrogen and oxygen atoms in total. The highest BCUT2D eigenvalue weighted by Gasteiger charge is 2.19. The number of hydrogen-bond donors (Lipinski definition) is 2. The van der Waals surface area contributed by atoms with Crippen molar-refractivity contribution in [1.29, 1.82) is 0 Å². The fraction of sp³-hybridized carbons (Fsp3) is 0.429.